The zero-order valence-corrected chi connectivity index (χ0v) is 11.5. The van der Waals surface area contributed by atoms with Gasteiger partial charge >= 0.3 is 0 Å². The van der Waals surface area contributed by atoms with Crippen LogP contribution in [-0.2, 0) is 14.3 Å². The van der Waals surface area contributed by atoms with Crippen LogP contribution in [0, 0.1) is 0 Å². The molecule has 2 amide bonds. The molecule has 2 fully saturated rings. The van der Waals surface area contributed by atoms with Crippen molar-refractivity contribution in [2.45, 2.75) is 44.4 Å². The normalized spacial score (nSPS) is 28.7. The van der Waals surface area contributed by atoms with Crippen molar-refractivity contribution in [2.24, 2.45) is 0 Å². The summed E-state index contributed by atoms with van der Waals surface area (Å²) in [4.78, 5) is 25.4. The first kappa shape index (κ1) is 13.7. The Bertz CT molecular complexity index is 337. The third-order valence-electron chi connectivity index (χ3n) is 3.62. The second kappa shape index (κ2) is 5.93. The smallest absolute Gasteiger partial charge is 0.246 e. The van der Waals surface area contributed by atoms with Gasteiger partial charge < -0.3 is 15.0 Å². The molecule has 1 N–H and O–H groups in total. The van der Waals surface area contributed by atoms with Gasteiger partial charge in [-0.3, -0.25) is 9.59 Å². The second-order valence-corrected chi connectivity index (χ2v) is 5.24. The van der Waals surface area contributed by atoms with Gasteiger partial charge in [-0.1, -0.05) is 0 Å². The molecule has 2 rings (SSSR count). The van der Waals surface area contributed by atoms with Gasteiger partial charge in [0, 0.05) is 19.2 Å². The molecule has 5 nitrogen and oxygen atoms in total. The lowest BCUT2D eigenvalue weighted by atomic mass is 10.1. The number of nitrogens with zero attached hydrogens (tertiary/aromatic N) is 1. The Labute approximate surface area is 113 Å². The molecule has 6 heteroatoms. The average molecular weight is 272 g/mol. The lowest BCUT2D eigenvalue weighted by Gasteiger charge is -2.39. The van der Waals surface area contributed by atoms with E-state index in [2.05, 4.69) is 17.9 Å². The Morgan fingerprint density at radius 1 is 1.50 bits per heavy atom. The molecule has 0 aromatic carbocycles. The van der Waals surface area contributed by atoms with Gasteiger partial charge in [0.15, 0.2) is 0 Å². The number of morpholine rings is 1. The van der Waals surface area contributed by atoms with Crippen molar-refractivity contribution in [1.29, 1.82) is 0 Å². The van der Waals surface area contributed by atoms with Crippen LogP contribution in [0.2, 0.25) is 0 Å². The molecule has 102 valence electrons. The summed E-state index contributed by atoms with van der Waals surface area (Å²) in [7, 11) is 0. The van der Waals surface area contributed by atoms with Crippen LogP contribution in [0.4, 0.5) is 0 Å². The molecule has 3 atom stereocenters. The number of hydrogen-bond donors (Lipinski definition) is 2. The maximum atomic E-state index is 12.4. The minimum atomic E-state index is -0.523. The maximum absolute atomic E-state index is 12.4. The number of thiol groups is 1. The van der Waals surface area contributed by atoms with E-state index in [1.165, 1.54) is 6.92 Å². The summed E-state index contributed by atoms with van der Waals surface area (Å²) in [6.45, 7) is 2.62. The van der Waals surface area contributed by atoms with Crippen LogP contribution < -0.4 is 5.32 Å². The monoisotopic (exact) mass is 272 g/mol. The van der Waals surface area contributed by atoms with Crippen LogP contribution in [0.5, 0.6) is 0 Å². The van der Waals surface area contributed by atoms with E-state index in [4.69, 9.17) is 4.74 Å². The fourth-order valence-electron chi connectivity index (χ4n) is 2.83. The molecule has 18 heavy (non-hydrogen) atoms. The molecule has 0 bridgehead atoms. The lowest BCUT2D eigenvalue weighted by molar-refractivity contribution is -0.146. The number of ether oxygens (including phenoxy) is 1. The van der Waals surface area contributed by atoms with Gasteiger partial charge in [0.2, 0.25) is 11.8 Å². The van der Waals surface area contributed by atoms with Gasteiger partial charge in [-0.05, 0) is 19.3 Å². The Morgan fingerprint density at radius 3 is 2.94 bits per heavy atom. The molecule has 1 saturated carbocycles. The Morgan fingerprint density at radius 2 is 2.28 bits per heavy atom. The molecular formula is C12H20N2O3S. The van der Waals surface area contributed by atoms with E-state index in [9.17, 15) is 9.59 Å². The Kier molecular flexibility index (Phi) is 4.50. The van der Waals surface area contributed by atoms with Crippen LogP contribution in [0.15, 0.2) is 0 Å². The molecule has 1 saturated heterocycles. The van der Waals surface area contributed by atoms with Gasteiger partial charge in [0.05, 0.1) is 18.8 Å². The third-order valence-corrected chi connectivity index (χ3v) is 3.99. The minimum absolute atomic E-state index is 0.0274. The van der Waals surface area contributed by atoms with Crippen molar-refractivity contribution in [3.8, 4) is 0 Å². The first-order chi connectivity index (χ1) is 8.63. The summed E-state index contributed by atoms with van der Waals surface area (Å²) >= 11 is 4.15. The lowest BCUT2D eigenvalue weighted by Crippen LogP contribution is -2.57. The average Bonchev–Trinajstić information content (AvgIpc) is 2.82. The Hall–Kier alpha value is -0.750. The van der Waals surface area contributed by atoms with E-state index in [0.29, 0.717) is 18.9 Å². The Balaban J connectivity index is 2.04. The van der Waals surface area contributed by atoms with Crippen molar-refractivity contribution in [2.75, 3.05) is 18.9 Å². The highest BCUT2D eigenvalue weighted by Gasteiger charge is 2.40. The van der Waals surface area contributed by atoms with Crippen molar-refractivity contribution >= 4 is 24.4 Å². The molecule has 2 aliphatic rings. The number of amides is 2. The largest absolute Gasteiger partial charge is 0.374 e. The highest BCUT2D eigenvalue weighted by molar-refractivity contribution is 7.80. The molecular weight excluding hydrogens is 252 g/mol. The molecule has 0 aromatic rings. The maximum Gasteiger partial charge on any atom is 0.246 e. The van der Waals surface area contributed by atoms with Crippen LogP contribution in [-0.4, -0.2) is 53.8 Å². The van der Waals surface area contributed by atoms with E-state index in [0.717, 1.165) is 19.3 Å². The predicted octanol–water partition coefficient (Wildman–Crippen LogP) is 0.201. The number of hydrogen-bond acceptors (Lipinski definition) is 4. The highest BCUT2D eigenvalue weighted by atomic mass is 32.1. The summed E-state index contributed by atoms with van der Waals surface area (Å²) < 4.78 is 5.68. The number of nitrogens with one attached hydrogen (secondary N) is 1. The number of rotatable bonds is 3. The zero-order valence-electron chi connectivity index (χ0n) is 10.6. The third kappa shape index (κ3) is 2.80. The molecule has 3 unspecified atom stereocenters. The van der Waals surface area contributed by atoms with Crippen molar-refractivity contribution in [3.05, 3.63) is 0 Å². The molecule has 1 aliphatic heterocycles. The first-order valence-electron chi connectivity index (χ1n) is 6.43. The zero-order chi connectivity index (χ0) is 13.1. The topological polar surface area (TPSA) is 58.6 Å². The van der Waals surface area contributed by atoms with Crippen LogP contribution in [0.1, 0.15) is 26.2 Å². The summed E-state index contributed by atoms with van der Waals surface area (Å²) in [5.74, 6) is 0.103. The van der Waals surface area contributed by atoms with Gasteiger partial charge in [-0.15, -0.1) is 0 Å². The number of carbonyl (C=O) groups is 2. The highest BCUT2D eigenvalue weighted by Crippen LogP contribution is 2.30. The van der Waals surface area contributed by atoms with Crippen LogP contribution >= 0.6 is 12.6 Å². The number of fused-ring (bicyclic) bond motifs is 1. The van der Waals surface area contributed by atoms with Crippen molar-refractivity contribution in [1.82, 2.24) is 10.2 Å². The van der Waals surface area contributed by atoms with E-state index >= 15 is 0 Å². The summed E-state index contributed by atoms with van der Waals surface area (Å²) in [5, 5.41) is 2.66. The SMILES string of the molecule is CC(=O)NC(CS)C(=O)N1CCOC2CCCC21. The fraction of sp³-hybridized carbons (Fsp3) is 0.833. The molecule has 0 aromatic heterocycles. The van der Waals surface area contributed by atoms with Crippen LogP contribution in [0.3, 0.4) is 0 Å². The quantitative estimate of drug-likeness (QED) is 0.722. The number of carbonyl (C=O) groups excluding carboxylic acids is 2. The van der Waals surface area contributed by atoms with Gasteiger partial charge in [-0.2, -0.15) is 12.6 Å². The molecule has 1 heterocycles. The van der Waals surface area contributed by atoms with E-state index in [1.54, 1.807) is 0 Å². The van der Waals surface area contributed by atoms with Crippen molar-refractivity contribution in [3.63, 3.8) is 0 Å². The molecule has 1 aliphatic carbocycles. The second-order valence-electron chi connectivity index (χ2n) is 4.87. The molecule has 0 spiro atoms. The van der Waals surface area contributed by atoms with E-state index in [1.807, 2.05) is 4.90 Å². The fourth-order valence-corrected chi connectivity index (χ4v) is 3.08. The van der Waals surface area contributed by atoms with E-state index in [-0.39, 0.29) is 24.0 Å². The van der Waals surface area contributed by atoms with Gasteiger partial charge in [0.25, 0.3) is 0 Å². The van der Waals surface area contributed by atoms with Crippen molar-refractivity contribution < 1.29 is 14.3 Å². The summed E-state index contributed by atoms with van der Waals surface area (Å²) in [6, 6.07) is -0.340. The standard InChI is InChI=1S/C12H20N2O3S/c1-8(15)13-9(7-18)12(16)14-5-6-17-11-4-2-3-10(11)14/h9-11,18H,2-7H2,1H3,(H,13,15). The predicted molar refractivity (Wildman–Crippen MR) is 70.5 cm³/mol. The first-order valence-corrected chi connectivity index (χ1v) is 7.06. The van der Waals surface area contributed by atoms with Gasteiger partial charge in [-0.25, -0.2) is 0 Å². The summed E-state index contributed by atoms with van der Waals surface area (Å²) in [5.41, 5.74) is 0. The summed E-state index contributed by atoms with van der Waals surface area (Å²) in [6.07, 6.45) is 3.31. The van der Waals surface area contributed by atoms with Crippen LogP contribution in [0.25, 0.3) is 0 Å². The molecule has 0 radical (unpaired) electrons. The van der Waals surface area contributed by atoms with Gasteiger partial charge in [0.1, 0.15) is 6.04 Å². The van der Waals surface area contributed by atoms with E-state index < -0.39 is 6.04 Å². The minimum Gasteiger partial charge on any atom is -0.374 e.